The van der Waals surface area contributed by atoms with Gasteiger partial charge in [-0.15, -0.1) is 0 Å². The summed E-state index contributed by atoms with van der Waals surface area (Å²) in [5.41, 5.74) is 5.11. The van der Waals surface area contributed by atoms with Gasteiger partial charge in [0, 0.05) is 24.0 Å². The van der Waals surface area contributed by atoms with Crippen LogP contribution in [-0.2, 0) is 25.7 Å². The average molecular weight is 479 g/mol. The highest BCUT2D eigenvalue weighted by Crippen LogP contribution is 2.42. The van der Waals surface area contributed by atoms with Crippen molar-refractivity contribution >= 4 is 0 Å². The van der Waals surface area contributed by atoms with Crippen molar-refractivity contribution in [1.82, 2.24) is 0 Å². The van der Waals surface area contributed by atoms with Gasteiger partial charge < -0.3 is 14.2 Å². The predicted octanol–water partition coefficient (Wildman–Crippen LogP) is 8.87. The molecule has 2 aliphatic heterocycles. The average Bonchev–Trinajstić information content (AvgIpc) is 3.48. The highest BCUT2D eigenvalue weighted by molar-refractivity contribution is 5.55. The predicted molar refractivity (Wildman–Crippen MR) is 145 cm³/mol. The Morgan fingerprint density at radius 3 is 1.51 bits per heavy atom. The lowest BCUT2D eigenvalue weighted by Crippen LogP contribution is -1.97. The Balaban J connectivity index is 1.45. The molecule has 4 rings (SSSR count). The molecule has 2 aromatic rings. The third kappa shape index (κ3) is 7.41. The number of ether oxygens (including phenoxy) is 3. The van der Waals surface area contributed by atoms with Crippen molar-refractivity contribution in [1.29, 1.82) is 0 Å². The van der Waals surface area contributed by atoms with E-state index in [1.165, 1.54) is 73.6 Å². The van der Waals surface area contributed by atoms with Crippen molar-refractivity contribution in [3.05, 3.63) is 46.5 Å². The molecule has 0 unspecified atom stereocenters. The smallest absolute Gasteiger partial charge is 0.134 e. The van der Waals surface area contributed by atoms with Gasteiger partial charge in [0.2, 0.25) is 0 Å². The third-order valence-electron chi connectivity index (χ3n) is 7.39. The second-order valence-electron chi connectivity index (χ2n) is 11.4. The SMILES string of the molecule is CC(C)CCCCCc1cc2c(c(Oc3cc(CCCCCC(C)C)cc4c3CCO4)c1)CCO2. The monoisotopic (exact) mass is 478 g/mol. The van der Waals surface area contributed by atoms with Crippen molar-refractivity contribution < 1.29 is 14.2 Å². The molecule has 0 saturated heterocycles. The fourth-order valence-corrected chi connectivity index (χ4v) is 5.33. The third-order valence-corrected chi connectivity index (χ3v) is 7.39. The minimum absolute atomic E-state index is 0.751. The van der Waals surface area contributed by atoms with E-state index in [9.17, 15) is 0 Å². The number of rotatable bonds is 14. The first kappa shape index (κ1) is 25.9. The van der Waals surface area contributed by atoms with Crippen molar-refractivity contribution in [2.45, 2.75) is 105 Å². The van der Waals surface area contributed by atoms with Gasteiger partial charge in [-0.3, -0.25) is 0 Å². The lowest BCUT2D eigenvalue weighted by molar-refractivity contribution is 0.356. The van der Waals surface area contributed by atoms with Gasteiger partial charge in [0.1, 0.15) is 23.0 Å². The molecule has 0 N–H and O–H groups in total. The minimum Gasteiger partial charge on any atom is -0.493 e. The number of benzene rings is 2. The van der Waals surface area contributed by atoms with Crippen LogP contribution in [-0.4, -0.2) is 13.2 Å². The van der Waals surface area contributed by atoms with Gasteiger partial charge >= 0.3 is 0 Å². The minimum atomic E-state index is 0.751. The summed E-state index contributed by atoms with van der Waals surface area (Å²) < 4.78 is 18.7. The Morgan fingerprint density at radius 2 is 1.09 bits per heavy atom. The molecule has 2 aromatic carbocycles. The quantitative estimate of drug-likeness (QED) is 0.254. The summed E-state index contributed by atoms with van der Waals surface area (Å²) >= 11 is 0. The summed E-state index contributed by atoms with van der Waals surface area (Å²) in [6.07, 6.45) is 14.3. The number of hydrogen-bond acceptors (Lipinski definition) is 3. The molecule has 2 heterocycles. The molecule has 192 valence electrons. The Hall–Kier alpha value is -2.16. The van der Waals surface area contributed by atoms with E-state index in [2.05, 4.69) is 52.0 Å². The topological polar surface area (TPSA) is 27.7 Å². The van der Waals surface area contributed by atoms with Crippen LogP contribution in [0, 0.1) is 11.8 Å². The van der Waals surface area contributed by atoms with Gasteiger partial charge in [0.05, 0.1) is 13.2 Å². The molecule has 0 bridgehead atoms. The van der Waals surface area contributed by atoms with Crippen molar-refractivity contribution in [3.63, 3.8) is 0 Å². The summed E-state index contributed by atoms with van der Waals surface area (Å²) in [6.45, 7) is 10.7. The fourth-order valence-electron chi connectivity index (χ4n) is 5.33. The molecular formula is C32H46O3. The maximum absolute atomic E-state index is 6.70. The zero-order valence-electron chi connectivity index (χ0n) is 22.6. The van der Waals surface area contributed by atoms with E-state index < -0.39 is 0 Å². The number of aryl methyl sites for hydroxylation is 2. The first-order chi connectivity index (χ1) is 17.0. The summed E-state index contributed by atoms with van der Waals surface area (Å²) in [4.78, 5) is 0. The molecule has 0 amide bonds. The summed E-state index contributed by atoms with van der Waals surface area (Å²) in [7, 11) is 0. The largest absolute Gasteiger partial charge is 0.493 e. The van der Waals surface area contributed by atoms with Gasteiger partial charge in [-0.05, 0) is 72.9 Å². The highest BCUT2D eigenvalue weighted by Gasteiger charge is 2.23. The number of hydrogen-bond donors (Lipinski definition) is 0. The van der Waals surface area contributed by atoms with Crippen LogP contribution in [0.5, 0.6) is 23.0 Å². The second kappa shape index (κ2) is 12.7. The number of fused-ring (bicyclic) bond motifs is 2. The maximum Gasteiger partial charge on any atom is 0.134 e. The second-order valence-corrected chi connectivity index (χ2v) is 11.4. The van der Waals surface area contributed by atoms with Crippen LogP contribution in [0.3, 0.4) is 0 Å². The fraction of sp³-hybridized carbons (Fsp3) is 0.625. The van der Waals surface area contributed by atoms with E-state index in [1.54, 1.807) is 0 Å². The molecule has 35 heavy (non-hydrogen) atoms. The van der Waals surface area contributed by atoms with Gasteiger partial charge in [0.15, 0.2) is 0 Å². The van der Waals surface area contributed by atoms with E-state index in [4.69, 9.17) is 14.2 Å². The molecule has 2 aliphatic rings. The van der Waals surface area contributed by atoms with E-state index in [-0.39, 0.29) is 0 Å². The van der Waals surface area contributed by atoms with Crippen molar-refractivity contribution in [2.75, 3.05) is 13.2 Å². The Bertz CT molecular complexity index is 882. The van der Waals surface area contributed by atoms with Crippen LogP contribution in [0.25, 0.3) is 0 Å². The molecule has 0 spiro atoms. The molecule has 0 atom stereocenters. The number of unbranched alkanes of at least 4 members (excludes halogenated alkanes) is 4. The van der Waals surface area contributed by atoms with Crippen LogP contribution in [0.1, 0.15) is 101 Å². The van der Waals surface area contributed by atoms with Crippen LogP contribution in [0.2, 0.25) is 0 Å². The molecule has 0 saturated carbocycles. The molecule has 0 fully saturated rings. The Kier molecular flexibility index (Phi) is 9.40. The summed E-state index contributed by atoms with van der Waals surface area (Å²) in [6, 6.07) is 9.05. The molecular weight excluding hydrogens is 432 g/mol. The molecule has 3 nitrogen and oxygen atoms in total. The molecule has 0 radical (unpaired) electrons. The van der Waals surface area contributed by atoms with Gasteiger partial charge in [-0.25, -0.2) is 0 Å². The van der Waals surface area contributed by atoms with Gasteiger partial charge in [-0.1, -0.05) is 66.2 Å². The van der Waals surface area contributed by atoms with Crippen LogP contribution in [0.4, 0.5) is 0 Å². The zero-order chi connectivity index (χ0) is 24.6. The summed E-state index contributed by atoms with van der Waals surface area (Å²) in [5.74, 6) is 5.61. The van der Waals surface area contributed by atoms with Crippen LogP contribution < -0.4 is 14.2 Å². The van der Waals surface area contributed by atoms with Crippen LogP contribution in [0.15, 0.2) is 24.3 Å². The van der Waals surface area contributed by atoms with Crippen molar-refractivity contribution in [2.24, 2.45) is 11.8 Å². The molecule has 0 aliphatic carbocycles. The molecule has 3 heteroatoms. The highest BCUT2D eigenvalue weighted by atomic mass is 16.5. The summed E-state index contributed by atoms with van der Waals surface area (Å²) in [5, 5.41) is 0. The van der Waals surface area contributed by atoms with Gasteiger partial charge in [0.25, 0.3) is 0 Å². The van der Waals surface area contributed by atoms with E-state index in [0.717, 1.165) is 73.7 Å². The van der Waals surface area contributed by atoms with E-state index >= 15 is 0 Å². The Morgan fingerprint density at radius 1 is 0.629 bits per heavy atom. The van der Waals surface area contributed by atoms with Crippen LogP contribution >= 0.6 is 0 Å². The van der Waals surface area contributed by atoms with Gasteiger partial charge in [-0.2, -0.15) is 0 Å². The Labute approximate surface area is 213 Å². The first-order valence-corrected chi connectivity index (χ1v) is 14.2. The van der Waals surface area contributed by atoms with Crippen molar-refractivity contribution in [3.8, 4) is 23.0 Å². The standard InChI is InChI=1S/C32H46O3/c1-23(2)11-7-5-9-13-25-19-29-27(15-17-33-29)31(21-25)35-32-22-26(14-10-6-8-12-24(3)4)20-30-28(32)16-18-34-30/h19-24H,5-18H2,1-4H3. The van der Waals surface area contributed by atoms with E-state index in [1.807, 2.05) is 0 Å². The molecule has 0 aromatic heterocycles. The normalized spacial score (nSPS) is 14.2. The lowest BCUT2D eigenvalue weighted by atomic mass is 10.00. The maximum atomic E-state index is 6.70. The zero-order valence-corrected chi connectivity index (χ0v) is 22.6. The lowest BCUT2D eigenvalue weighted by Gasteiger charge is -2.16. The van der Waals surface area contributed by atoms with E-state index in [0.29, 0.717) is 0 Å². The first-order valence-electron chi connectivity index (χ1n) is 14.2.